The van der Waals surface area contributed by atoms with E-state index in [1.54, 1.807) is 0 Å². The number of hydrogen-bond donors (Lipinski definition) is 2. The van der Waals surface area contributed by atoms with E-state index < -0.39 is 23.2 Å². The molecule has 0 heterocycles. The minimum absolute atomic E-state index is 0.0265. The molecule has 0 unspecified atom stereocenters. The minimum atomic E-state index is -0.791. The number of benzene rings is 1. The number of anilines is 1. The number of ether oxygens (including phenoxy) is 1. The summed E-state index contributed by atoms with van der Waals surface area (Å²) in [6.07, 6.45) is 0.993. The molecule has 0 atom stereocenters. The Morgan fingerprint density at radius 2 is 1.90 bits per heavy atom. The van der Waals surface area contributed by atoms with E-state index >= 15 is 0 Å². The number of carbonyl (C=O) groups is 1. The van der Waals surface area contributed by atoms with Crippen LogP contribution in [0.15, 0.2) is 18.2 Å². The van der Waals surface area contributed by atoms with Gasteiger partial charge in [0.05, 0.1) is 13.2 Å². The smallest absolute Gasteiger partial charge is 0.238 e. The van der Waals surface area contributed by atoms with Crippen LogP contribution in [0.5, 0.6) is 0 Å². The van der Waals surface area contributed by atoms with Gasteiger partial charge in [0.25, 0.3) is 0 Å². The molecule has 1 amide bonds. The molecule has 1 rings (SSSR count). The van der Waals surface area contributed by atoms with Gasteiger partial charge in [-0.3, -0.25) is 4.79 Å². The number of para-hydroxylation sites is 1. The van der Waals surface area contributed by atoms with Gasteiger partial charge in [0.2, 0.25) is 5.91 Å². The van der Waals surface area contributed by atoms with Crippen molar-refractivity contribution in [1.29, 1.82) is 0 Å². The van der Waals surface area contributed by atoms with Crippen molar-refractivity contribution in [2.75, 3.05) is 31.6 Å². The first-order valence-corrected chi connectivity index (χ1v) is 7.03. The lowest BCUT2D eigenvalue weighted by Crippen LogP contribution is -2.31. The van der Waals surface area contributed by atoms with Gasteiger partial charge in [-0.2, -0.15) is 0 Å². The lowest BCUT2D eigenvalue weighted by molar-refractivity contribution is -0.115. The molecule has 118 valence electrons. The topological polar surface area (TPSA) is 50.4 Å². The second kappa shape index (κ2) is 9.41. The molecule has 21 heavy (non-hydrogen) atoms. The molecule has 6 heteroatoms. The quantitative estimate of drug-likeness (QED) is 0.689. The number of carbonyl (C=O) groups excluding carboxylic acids is 1. The Labute approximate surface area is 123 Å². The van der Waals surface area contributed by atoms with E-state index in [2.05, 4.69) is 24.5 Å². The van der Waals surface area contributed by atoms with E-state index in [0.717, 1.165) is 18.6 Å². The van der Waals surface area contributed by atoms with Crippen LogP contribution in [0.1, 0.15) is 20.3 Å². The van der Waals surface area contributed by atoms with Crippen molar-refractivity contribution in [1.82, 2.24) is 5.32 Å². The SMILES string of the molecule is CC(C)CCOCCNCC(=O)Nc1c(F)cccc1F. The van der Waals surface area contributed by atoms with E-state index in [1.165, 1.54) is 6.07 Å². The zero-order chi connectivity index (χ0) is 15.7. The number of hydrogen-bond acceptors (Lipinski definition) is 3. The van der Waals surface area contributed by atoms with Crippen molar-refractivity contribution in [3.63, 3.8) is 0 Å². The fraction of sp³-hybridized carbons (Fsp3) is 0.533. The average molecular weight is 300 g/mol. The van der Waals surface area contributed by atoms with Gasteiger partial charge in [0, 0.05) is 13.2 Å². The summed E-state index contributed by atoms with van der Waals surface area (Å²) in [7, 11) is 0. The first-order valence-electron chi connectivity index (χ1n) is 7.03. The van der Waals surface area contributed by atoms with Crippen LogP contribution in [0, 0.1) is 17.6 Å². The van der Waals surface area contributed by atoms with Gasteiger partial charge >= 0.3 is 0 Å². The molecule has 0 spiro atoms. The summed E-state index contributed by atoms with van der Waals surface area (Å²) in [5.41, 5.74) is -0.419. The highest BCUT2D eigenvalue weighted by molar-refractivity contribution is 5.92. The van der Waals surface area contributed by atoms with Crippen molar-refractivity contribution in [3.8, 4) is 0 Å². The molecule has 0 aliphatic carbocycles. The maximum atomic E-state index is 13.3. The summed E-state index contributed by atoms with van der Waals surface area (Å²) in [4.78, 5) is 11.5. The Balaban J connectivity index is 2.17. The highest BCUT2D eigenvalue weighted by Crippen LogP contribution is 2.17. The van der Waals surface area contributed by atoms with E-state index in [4.69, 9.17) is 4.74 Å². The summed E-state index contributed by atoms with van der Waals surface area (Å²) in [5, 5.41) is 5.05. The third-order valence-corrected chi connectivity index (χ3v) is 2.78. The lowest BCUT2D eigenvalue weighted by Gasteiger charge is -2.09. The van der Waals surface area contributed by atoms with Gasteiger partial charge in [0.1, 0.15) is 17.3 Å². The Morgan fingerprint density at radius 3 is 2.52 bits per heavy atom. The molecule has 0 saturated heterocycles. The van der Waals surface area contributed by atoms with Gasteiger partial charge in [-0.05, 0) is 24.5 Å². The van der Waals surface area contributed by atoms with Crippen LogP contribution in [0.3, 0.4) is 0 Å². The average Bonchev–Trinajstić information content (AvgIpc) is 2.41. The Hall–Kier alpha value is -1.53. The third-order valence-electron chi connectivity index (χ3n) is 2.78. The zero-order valence-electron chi connectivity index (χ0n) is 12.4. The summed E-state index contributed by atoms with van der Waals surface area (Å²) >= 11 is 0. The monoisotopic (exact) mass is 300 g/mol. The van der Waals surface area contributed by atoms with E-state index in [9.17, 15) is 13.6 Å². The minimum Gasteiger partial charge on any atom is -0.380 e. The first-order chi connectivity index (χ1) is 10.0. The summed E-state index contributed by atoms with van der Waals surface area (Å²) < 4.78 is 32.0. The van der Waals surface area contributed by atoms with Gasteiger partial charge < -0.3 is 15.4 Å². The lowest BCUT2D eigenvalue weighted by atomic mass is 10.1. The largest absolute Gasteiger partial charge is 0.380 e. The molecule has 0 radical (unpaired) electrons. The first kappa shape index (κ1) is 17.5. The third kappa shape index (κ3) is 7.15. The van der Waals surface area contributed by atoms with Gasteiger partial charge in [-0.25, -0.2) is 8.78 Å². The molecule has 1 aromatic rings. The van der Waals surface area contributed by atoms with Crippen LogP contribution in [0.4, 0.5) is 14.5 Å². The van der Waals surface area contributed by atoms with Gasteiger partial charge in [0.15, 0.2) is 0 Å². The fourth-order valence-corrected chi connectivity index (χ4v) is 1.57. The van der Waals surface area contributed by atoms with Crippen LogP contribution in [0.25, 0.3) is 0 Å². The zero-order valence-corrected chi connectivity index (χ0v) is 12.4. The standard InChI is InChI=1S/C15H22F2N2O2/c1-11(2)6-8-21-9-7-18-10-14(20)19-15-12(16)4-3-5-13(15)17/h3-5,11,18H,6-10H2,1-2H3,(H,19,20). The number of amides is 1. The number of nitrogens with one attached hydrogen (secondary N) is 2. The second-order valence-corrected chi connectivity index (χ2v) is 5.12. The van der Waals surface area contributed by atoms with Crippen molar-refractivity contribution >= 4 is 11.6 Å². The van der Waals surface area contributed by atoms with Crippen molar-refractivity contribution in [3.05, 3.63) is 29.8 Å². The molecule has 0 aliphatic rings. The molecule has 0 aromatic heterocycles. The summed E-state index contributed by atoms with van der Waals surface area (Å²) in [6, 6.07) is 3.43. The van der Waals surface area contributed by atoms with Gasteiger partial charge in [-0.15, -0.1) is 0 Å². The number of rotatable bonds is 9. The highest BCUT2D eigenvalue weighted by Gasteiger charge is 2.11. The van der Waals surface area contributed by atoms with Crippen LogP contribution < -0.4 is 10.6 Å². The molecule has 1 aromatic carbocycles. The van der Waals surface area contributed by atoms with Crippen molar-refractivity contribution in [2.24, 2.45) is 5.92 Å². The number of halogens is 2. The second-order valence-electron chi connectivity index (χ2n) is 5.12. The molecule has 4 nitrogen and oxygen atoms in total. The van der Waals surface area contributed by atoms with Crippen molar-refractivity contribution in [2.45, 2.75) is 20.3 Å². The Morgan fingerprint density at radius 1 is 1.24 bits per heavy atom. The maximum Gasteiger partial charge on any atom is 0.238 e. The molecule has 0 fully saturated rings. The molecular weight excluding hydrogens is 278 g/mol. The van der Waals surface area contributed by atoms with E-state index in [0.29, 0.717) is 25.7 Å². The summed E-state index contributed by atoms with van der Waals surface area (Å²) in [5.74, 6) is -1.48. The molecule has 0 bridgehead atoms. The van der Waals surface area contributed by atoms with E-state index in [-0.39, 0.29) is 6.54 Å². The normalized spacial score (nSPS) is 10.9. The maximum absolute atomic E-state index is 13.3. The fourth-order valence-electron chi connectivity index (χ4n) is 1.57. The van der Waals surface area contributed by atoms with Crippen LogP contribution >= 0.6 is 0 Å². The predicted molar refractivity (Wildman–Crippen MR) is 78.1 cm³/mol. The van der Waals surface area contributed by atoms with Crippen LogP contribution in [-0.2, 0) is 9.53 Å². The van der Waals surface area contributed by atoms with Crippen LogP contribution in [0.2, 0.25) is 0 Å². The van der Waals surface area contributed by atoms with Gasteiger partial charge in [-0.1, -0.05) is 19.9 Å². The molecule has 2 N–H and O–H groups in total. The van der Waals surface area contributed by atoms with Crippen LogP contribution in [-0.4, -0.2) is 32.2 Å². The molecule has 0 aliphatic heterocycles. The molecule has 0 saturated carbocycles. The van der Waals surface area contributed by atoms with Crippen molar-refractivity contribution < 1.29 is 18.3 Å². The van der Waals surface area contributed by atoms with E-state index in [1.807, 2.05) is 0 Å². The Bertz CT molecular complexity index is 433. The Kier molecular flexibility index (Phi) is 7.85. The highest BCUT2D eigenvalue weighted by atomic mass is 19.1. The predicted octanol–water partition coefficient (Wildman–Crippen LogP) is 2.56. The summed E-state index contributed by atoms with van der Waals surface area (Å²) in [6.45, 7) is 5.90. The molecular formula is C15H22F2N2O2.